The van der Waals surface area contributed by atoms with Gasteiger partial charge < -0.3 is 20.3 Å². The second kappa shape index (κ2) is 15.0. The Morgan fingerprint density at radius 1 is 1.09 bits per heavy atom. The molecule has 2 saturated carbocycles. The highest BCUT2D eigenvalue weighted by Crippen LogP contribution is 2.47. The molecule has 296 valence electrons. The summed E-state index contributed by atoms with van der Waals surface area (Å²) in [6.45, 7) is 7.07. The normalized spacial score (nSPS) is 26.5. The first-order valence-electron chi connectivity index (χ1n) is 18.7. The number of carbonyl (C=O) groups excluding carboxylic acids is 4. The van der Waals surface area contributed by atoms with Gasteiger partial charge in [0.15, 0.2) is 11.6 Å². The van der Waals surface area contributed by atoms with Gasteiger partial charge in [-0.2, -0.15) is 0 Å². The lowest BCUT2D eigenvalue weighted by atomic mass is 9.62. The zero-order valence-corrected chi connectivity index (χ0v) is 31.8. The first-order valence-corrected chi connectivity index (χ1v) is 20.1. The van der Waals surface area contributed by atoms with Crippen LogP contribution in [0, 0.1) is 24.5 Å². The number of aromatic nitrogens is 3. The van der Waals surface area contributed by atoms with E-state index in [-0.39, 0.29) is 42.8 Å². The van der Waals surface area contributed by atoms with Crippen LogP contribution >= 0.6 is 0 Å². The van der Waals surface area contributed by atoms with Gasteiger partial charge in [-0.1, -0.05) is 43.2 Å². The fraction of sp³-hybridized carbons (Fsp3) is 0.462. The van der Waals surface area contributed by atoms with Crippen LogP contribution in [0.4, 0.5) is 8.78 Å². The van der Waals surface area contributed by atoms with Gasteiger partial charge in [0.1, 0.15) is 34.9 Å². The van der Waals surface area contributed by atoms with E-state index in [1.807, 2.05) is 6.08 Å². The molecule has 3 N–H and O–H groups in total. The smallest absolute Gasteiger partial charge is 0.260 e. The third-order valence-electron chi connectivity index (χ3n) is 11.3. The monoisotopic (exact) mass is 791 g/mol. The molecular formula is C39H43F2N7O7S. The van der Waals surface area contributed by atoms with Gasteiger partial charge in [0.2, 0.25) is 27.7 Å². The lowest BCUT2D eigenvalue weighted by Crippen LogP contribution is -2.71. The summed E-state index contributed by atoms with van der Waals surface area (Å²) in [5.74, 6) is -5.45. The van der Waals surface area contributed by atoms with Gasteiger partial charge in [-0.15, -0.1) is 0 Å². The molecule has 4 heterocycles. The lowest BCUT2D eigenvalue weighted by molar-refractivity contribution is -0.143. The maximum atomic E-state index is 14.7. The number of allylic oxidation sites excluding steroid dienone is 1. The number of hydrogen-bond acceptors (Lipinski definition) is 10. The van der Waals surface area contributed by atoms with Gasteiger partial charge in [0, 0.05) is 25.0 Å². The summed E-state index contributed by atoms with van der Waals surface area (Å²) in [6, 6.07) is 3.04. The molecule has 3 fully saturated rings. The molecule has 56 heavy (non-hydrogen) atoms. The fourth-order valence-electron chi connectivity index (χ4n) is 7.61. The Bertz CT molecular complexity index is 2270. The number of fused-ring (bicyclic) bond motifs is 3. The van der Waals surface area contributed by atoms with E-state index >= 15 is 0 Å². The van der Waals surface area contributed by atoms with Crippen molar-refractivity contribution in [2.75, 3.05) is 6.54 Å². The number of rotatable bonds is 7. The minimum absolute atomic E-state index is 0.0173. The molecule has 0 bridgehead atoms. The van der Waals surface area contributed by atoms with Gasteiger partial charge in [0.25, 0.3) is 11.8 Å². The van der Waals surface area contributed by atoms with E-state index in [9.17, 15) is 36.4 Å². The standard InChI is InChI=1S/C39H43F2N7O7S/c1-22-19-39(37(52)47-56(53,54)38(3)15-16-38)26(22)10-7-5-4-6-8-12-30(44-33(49)25-14-17-42-20-28(25)41)36(51)48-21-24(18-31(48)34(50)46-39)55-35-23(2)43-29-13-9-11-27(40)32(29)45-35/h7,9-11,13-14,17,20,24,26,30-31H,1,4-6,8,12,15-16,18-19,21H2,2-3H3,(H,44,49)(H,46,50)(H,47,52). The number of aryl methyl sites for hydroxylation is 1. The zero-order chi connectivity index (χ0) is 40.0. The van der Waals surface area contributed by atoms with Crippen LogP contribution in [0.1, 0.15) is 80.8 Å². The number of pyridine rings is 1. The van der Waals surface area contributed by atoms with Crippen LogP contribution in [0.15, 0.2) is 61.0 Å². The van der Waals surface area contributed by atoms with E-state index in [1.165, 1.54) is 29.3 Å². The van der Waals surface area contributed by atoms with Gasteiger partial charge in [-0.3, -0.25) is 28.9 Å². The van der Waals surface area contributed by atoms with E-state index < -0.39 is 79.7 Å². The zero-order valence-electron chi connectivity index (χ0n) is 31.0. The summed E-state index contributed by atoms with van der Waals surface area (Å²) in [5.41, 5.74) is -0.853. The molecule has 14 nitrogen and oxygen atoms in total. The molecule has 4 amide bonds. The summed E-state index contributed by atoms with van der Waals surface area (Å²) in [6.07, 6.45) is 7.99. The maximum Gasteiger partial charge on any atom is 0.260 e. The molecule has 5 atom stereocenters. The highest BCUT2D eigenvalue weighted by Gasteiger charge is 2.59. The van der Waals surface area contributed by atoms with Crippen LogP contribution in [0.2, 0.25) is 0 Å². The SMILES string of the molecule is C=C1CC2(C(=O)NS(=O)(=O)C3(C)CC3)NC(=O)C3CC(Oc4nc5c(F)cccc5nc4C)CN3C(=O)C(NC(=O)c3ccncc3F)CCCCCC=CC12. The predicted molar refractivity (Wildman–Crippen MR) is 199 cm³/mol. The van der Waals surface area contributed by atoms with Crippen molar-refractivity contribution in [3.05, 3.63) is 83.9 Å². The number of benzene rings is 1. The summed E-state index contributed by atoms with van der Waals surface area (Å²) >= 11 is 0. The number of carbonyl (C=O) groups is 4. The van der Waals surface area contributed by atoms with Crippen LogP contribution in [-0.4, -0.2) is 86.9 Å². The second-order valence-corrected chi connectivity index (χ2v) is 17.5. The summed E-state index contributed by atoms with van der Waals surface area (Å²) < 4.78 is 63.3. The van der Waals surface area contributed by atoms with Crippen LogP contribution < -0.4 is 20.1 Å². The number of halogens is 2. The van der Waals surface area contributed by atoms with Crippen LogP contribution in [0.5, 0.6) is 5.88 Å². The molecule has 1 aromatic carbocycles. The van der Waals surface area contributed by atoms with Crippen molar-refractivity contribution in [1.82, 2.24) is 35.2 Å². The highest BCUT2D eigenvalue weighted by atomic mass is 32.2. The number of hydrogen-bond donors (Lipinski definition) is 3. The van der Waals surface area contributed by atoms with Crippen molar-refractivity contribution >= 4 is 44.7 Å². The average molecular weight is 792 g/mol. The van der Waals surface area contributed by atoms with Gasteiger partial charge in [-0.25, -0.2) is 27.2 Å². The molecule has 0 spiro atoms. The van der Waals surface area contributed by atoms with E-state index in [0.717, 1.165) is 6.20 Å². The Labute approximate surface area is 322 Å². The van der Waals surface area contributed by atoms with Crippen LogP contribution in [0.3, 0.4) is 0 Å². The number of ether oxygens (including phenoxy) is 1. The quantitative estimate of drug-likeness (QED) is 0.298. The van der Waals surface area contributed by atoms with Crippen molar-refractivity contribution in [1.29, 1.82) is 0 Å². The molecule has 5 unspecified atom stereocenters. The Morgan fingerprint density at radius 3 is 2.61 bits per heavy atom. The molecule has 4 aliphatic rings. The molecule has 0 radical (unpaired) electrons. The van der Waals surface area contributed by atoms with Crippen molar-refractivity contribution in [2.45, 2.75) is 100 Å². The second-order valence-electron chi connectivity index (χ2n) is 15.3. The minimum atomic E-state index is -4.10. The molecule has 7 rings (SSSR count). The highest BCUT2D eigenvalue weighted by molar-refractivity contribution is 7.91. The summed E-state index contributed by atoms with van der Waals surface area (Å²) in [5, 5.41) is 5.49. The van der Waals surface area contributed by atoms with Crippen molar-refractivity contribution in [3.63, 3.8) is 0 Å². The Hall–Kier alpha value is -5.32. The van der Waals surface area contributed by atoms with E-state index in [2.05, 4.69) is 36.9 Å². The fourth-order valence-corrected chi connectivity index (χ4v) is 8.93. The molecule has 2 aliphatic carbocycles. The molecule has 1 saturated heterocycles. The number of para-hydroxylation sites is 1. The van der Waals surface area contributed by atoms with Crippen molar-refractivity contribution in [2.24, 2.45) is 5.92 Å². The van der Waals surface area contributed by atoms with E-state index in [1.54, 1.807) is 26.0 Å². The van der Waals surface area contributed by atoms with Crippen molar-refractivity contribution < 1.29 is 41.1 Å². The maximum absolute atomic E-state index is 14.7. The lowest BCUT2D eigenvalue weighted by Gasteiger charge is -2.49. The topological polar surface area (TPSA) is 190 Å². The third-order valence-corrected chi connectivity index (χ3v) is 13.4. The minimum Gasteiger partial charge on any atom is -0.471 e. The first kappa shape index (κ1) is 38.9. The molecule has 2 aliphatic heterocycles. The molecule has 2 aromatic heterocycles. The van der Waals surface area contributed by atoms with Gasteiger partial charge in [0.05, 0.1) is 28.6 Å². The van der Waals surface area contributed by atoms with Gasteiger partial charge >= 0.3 is 0 Å². The molecular weight excluding hydrogens is 749 g/mol. The van der Waals surface area contributed by atoms with Crippen LogP contribution in [0.25, 0.3) is 11.0 Å². The third kappa shape index (κ3) is 7.35. The van der Waals surface area contributed by atoms with Gasteiger partial charge in [-0.05, 0) is 64.2 Å². The number of nitrogens with one attached hydrogen (secondary N) is 3. The predicted octanol–water partition coefficient (Wildman–Crippen LogP) is 3.71. The molecule has 3 aromatic rings. The summed E-state index contributed by atoms with van der Waals surface area (Å²) in [4.78, 5) is 70.3. The summed E-state index contributed by atoms with van der Waals surface area (Å²) in [7, 11) is -4.10. The van der Waals surface area contributed by atoms with Crippen LogP contribution in [-0.2, 0) is 24.4 Å². The number of nitrogens with zero attached hydrogens (tertiary/aromatic N) is 4. The van der Waals surface area contributed by atoms with Crippen molar-refractivity contribution in [3.8, 4) is 5.88 Å². The molecule has 17 heteroatoms. The average Bonchev–Trinajstić information content (AvgIpc) is 3.78. The Kier molecular flexibility index (Phi) is 10.4. The number of amides is 4. The largest absolute Gasteiger partial charge is 0.471 e. The Morgan fingerprint density at radius 2 is 1.88 bits per heavy atom. The number of sulfonamides is 1. The van der Waals surface area contributed by atoms with E-state index in [0.29, 0.717) is 55.3 Å². The Balaban J connectivity index is 1.24. The first-order chi connectivity index (χ1) is 26.6. The van der Waals surface area contributed by atoms with E-state index in [4.69, 9.17) is 4.74 Å².